The first-order valence-corrected chi connectivity index (χ1v) is 7.84. The van der Waals surface area contributed by atoms with Gasteiger partial charge in [-0.2, -0.15) is 18.3 Å². The van der Waals surface area contributed by atoms with Crippen LogP contribution < -0.4 is 0 Å². The zero-order chi connectivity index (χ0) is 17.3. The van der Waals surface area contributed by atoms with Crippen LogP contribution in [0.3, 0.4) is 0 Å². The third kappa shape index (κ3) is 3.16. The summed E-state index contributed by atoms with van der Waals surface area (Å²) in [5.74, 6) is -1.83. The number of halogens is 3. The van der Waals surface area contributed by atoms with Gasteiger partial charge in [0.05, 0.1) is 29.1 Å². The minimum Gasteiger partial charge on any atom is -0.338 e. The van der Waals surface area contributed by atoms with Crippen molar-refractivity contribution >= 4 is 5.91 Å². The van der Waals surface area contributed by atoms with Gasteiger partial charge in [-0.15, -0.1) is 0 Å². The van der Waals surface area contributed by atoms with E-state index in [-0.39, 0.29) is 18.9 Å². The molecule has 0 spiro atoms. The molecular formula is C17H18F3N3O. The fourth-order valence-electron chi connectivity index (χ4n) is 3.05. The molecule has 1 atom stereocenters. The minimum atomic E-state index is -4.26. The van der Waals surface area contributed by atoms with Crippen LogP contribution in [0.25, 0.3) is 5.69 Å². The van der Waals surface area contributed by atoms with E-state index in [1.54, 1.807) is 11.6 Å². The van der Waals surface area contributed by atoms with E-state index in [9.17, 15) is 18.0 Å². The van der Waals surface area contributed by atoms with Gasteiger partial charge in [0, 0.05) is 13.1 Å². The van der Waals surface area contributed by atoms with Crippen LogP contribution in [0.5, 0.6) is 0 Å². The summed E-state index contributed by atoms with van der Waals surface area (Å²) >= 11 is 0. The van der Waals surface area contributed by atoms with Gasteiger partial charge in [-0.25, -0.2) is 4.68 Å². The van der Waals surface area contributed by atoms with E-state index in [1.165, 1.54) is 11.1 Å². The second-order valence-electron chi connectivity index (χ2n) is 6.02. The molecular weight excluding hydrogens is 319 g/mol. The Morgan fingerprint density at radius 3 is 2.62 bits per heavy atom. The number of piperidine rings is 1. The SMILES string of the molecule is Cc1c(C(=O)N2CCC[C@H](C(F)(F)F)C2)cnn1-c1ccccc1. The Hall–Kier alpha value is -2.31. The molecule has 3 rings (SSSR count). The first-order valence-electron chi connectivity index (χ1n) is 7.84. The molecule has 0 bridgehead atoms. The van der Waals surface area contributed by atoms with Crippen molar-refractivity contribution in [3.63, 3.8) is 0 Å². The lowest BCUT2D eigenvalue weighted by atomic mass is 9.97. The summed E-state index contributed by atoms with van der Waals surface area (Å²) in [6.07, 6.45) is -2.39. The van der Waals surface area contributed by atoms with Crippen LogP contribution in [0.2, 0.25) is 0 Å². The molecule has 0 aliphatic carbocycles. The van der Waals surface area contributed by atoms with E-state index >= 15 is 0 Å². The second kappa shape index (κ2) is 6.30. The maximum absolute atomic E-state index is 12.9. The number of benzene rings is 1. The van der Waals surface area contributed by atoms with Gasteiger partial charge in [0.2, 0.25) is 0 Å². The van der Waals surface area contributed by atoms with Crippen molar-refractivity contribution in [3.05, 3.63) is 47.8 Å². The molecule has 7 heteroatoms. The molecule has 0 radical (unpaired) electrons. The zero-order valence-electron chi connectivity index (χ0n) is 13.3. The molecule has 24 heavy (non-hydrogen) atoms. The Morgan fingerprint density at radius 2 is 1.96 bits per heavy atom. The molecule has 0 unspecified atom stereocenters. The van der Waals surface area contributed by atoms with Gasteiger partial charge >= 0.3 is 6.18 Å². The maximum atomic E-state index is 12.9. The number of carbonyl (C=O) groups excluding carboxylic acids is 1. The summed E-state index contributed by atoms with van der Waals surface area (Å²) in [5.41, 5.74) is 1.78. The molecule has 1 aromatic heterocycles. The Morgan fingerprint density at radius 1 is 1.25 bits per heavy atom. The number of alkyl halides is 3. The second-order valence-corrected chi connectivity index (χ2v) is 6.02. The van der Waals surface area contributed by atoms with Crippen molar-refractivity contribution in [1.82, 2.24) is 14.7 Å². The predicted molar refractivity (Wildman–Crippen MR) is 83.0 cm³/mol. The van der Waals surface area contributed by atoms with Crippen molar-refractivity contribution < 1.29 is 18.0 Å². The van der Waals surface area contributed by atoms with E-state index in [0.717, 1.165) is 5.69 Å². The molecule has 0 N–H and O–H groups in total. The van der Waals surface area contributed by atoms with Crippen LogP contribution in [0.15, 0.2) is 36.5 Å². The molecule has 1 amide bonds. The molecule has 2 aromatic rings. The van der Waals surface area contributed by atoms with Crippen molar-refractivity contribution in [2.24, 2.45) is 5.92 Å². The lowest BCUT2D eigenvalue weighted by Gasteiger charge is -2.33. The Labute approximate surface area is 137 Å². The van der Waals surface area contributed by atoms with Gasteiger partial charge < -0.3 is 4.90 Å². The number of amides is 1. The van der Waals surface area contributed by atoms with Gasteiger partial charge in [-0.1, -0.05) is 18.2 Å². The van der Waals surface area contributed by atoms with E-state index in [2.05, 4.69) is 5.10 Å². The number of aromatic nitrogens is 2. The topological polar surface area (TPSA) is 38.1 Å². The summed E-state index contributed by atoms with van der Waals surface area (Å²) in [6, 6.07) is 9.30. The number of carbonyl (C=O) groups is 1. The first-order chi connectivity index (χ1) is 11.4. The van der Waals surface area contributed by atoms with E-state index in [1.807, 2.05) is 30.3 Å². The monoisotopic (exact) mass is 337 g/mol. The summed E-state index contributed by atoms with van der Waals surface area (Å²) in [5, 5.41) is 4.22. The van der Waals surface area contributed by atoms with Crippen LogP contribution in [-0.4, -0.2) is 39.9 Å². The molecule has 1 aromatic carbocycles. The lowest BCUT2D eigenvalue weighted by Crippen LogP contribution is -2.44. The number of hydrogen-bond donors (Lipinski definition) is 0. The predicted octanol–water partition coefficient (Wildman–Crippen LogP) is 3.60. The smallest absolute Gasteiger partial charge is 0.338 e. The van der Waals surface area contributed by atoms with Crippen LogP contribution in [-0.2, 0) is 0 Å². The fourth-order valence-corrected chi connectivity index (χ4v) is 3.05. The standard InChI is InChI=1S/C17H18F3N3O/c1-12-15(10-21-23(12)14-7-3-2-4-8-14)16(24)22-9-5-6-13(11-22)17(18,19)20/h2-4,7-8,10,13H,5-6,9,11H2,1H3/t13-/m0/s1. The van der Waals surface area contributed by atoms with Crippen molar-refractivity contribution in [2.45, 2.75) is 25.9 Å². The van der Waals surface area contributed by atoms with E-state index in [0.29, 0.717) is 24.2 Å². The molecule has 1 fully saturated rings. The Balaban J connectivity index is 1.82. The zero-order valence-corrected chi connectivity index (χ0v) is 13.3. The number of nitrogens with zero attached hydrogens (tertiary/aromatic N) is 3. The average molecular weight is 337 g/mol. The normalized spacial score (nSPS) is 18.7. The molecule has 1 aliphatic heterocycles. The highest BCUT2D eigenvalue weighted by molar-refractivity contribution is 5.95. The van der Waals surface area contributed by atoms with Gasteiger partial charge in [0.15, 0.2) is 0 Å². The molecule has 1 saturated heterocycles. The van der Waals surface area contributed by atoms with Gasteiger partial charge in [-0.05, 0) is 31.9 Å². The largest absolute Gasteiger partial charge is 0.393 e. The third-order valence-electron chi connectivity index (χ3n) is 4.41. The van der Waals surface area contributed by atoms with Crippen LogP contribution in [0, 0.1) is 12.8 Å². The van der Waals surface area contributed by atoms with Crippen molar-refractivity contribution in [1.29, 1.82) is 0 Å². The molecule has 2 heterocycles. The fraction of sp³-hybridized carbons (Fsp3) is 0.412. The van der Waals surface area contributed by atoms with Crippen LogP contribution in [0.1, 0.15) is 28.9 Å². The molecule has 0 saturated carbocycles. The quantitative estimate of drug-likeness (QED) is 0.840. The summed E-state index contributed by atoms with van der Waals surface area (Å²) in [6.45, 7) is 1.82. The number of hydrogen-bond acceptors (Lipinski definition) is 2. The van der Waals surface area contributed by atoms with E-state index in [4.69, 9.17) is 0 Å². The van der Waals surface area contributed by atoms with Gasteiger partial charge in [0.25, 0.3) is 5.91 Å². The van der Waals surface area contributed by atoms with Gasteiger partial charge in [-0.3, -0.25) is 4.79 Å². The summed E-state index contributed by atoms with van der Waals surface area (Å²) < 4.78 is 40.4. The van der Waals surface area contributed by atoms with Crippen molar-refractivity contribution in [2.75, 3.05) is 13.1 Å². The van der Waals surface area contributed by atoms with E-state index < -0.39 is 12.1 Å². The average Bonchev–Trinajstić information content (AvgIpc) is 2.96. The first kappa shape index (κ1) is 16.5. The minimum absolute atomic E-state index is 0.0789. The number of rotatable bonds is 2. The highest BCUT2D eigenvalue weighted by Crippen LogP contribution is 2.33. The Kier molecular flexibility index (Phi) is 4.34. The molecule has 1 aliphatic rings. The van der Waals surface area contributed by atoms with Crippen LogP contribution >= 0.6 is 0 Å². The summed E-state index contributed by atoms with van der Waals surface area (Å²) in [7, 11) is 0. The van der Waals surface area contributed by atoms with Gasteiger partial charge in [0.1, 0.15) is 0 Å². The third-order valence-corrected chi connectivity index (χ3v) is 4.41. The number of likely N-dealkylation sites (tertiary alicyclic amines) is 1. The molecule has 128 valence electrons. The maximum Gasteiger partial charge on any atom is 0.393 e. The summed E-state index contributed by atoms with van der Waals surface area (Å²) in [4.78, 5) is 13.9. The highest BCUT2D eigenvalue weighted by atomic mass is 19.4. The molecule has 4 nitrogen and oxygen atoms in total. The van der Waals surface area contributed by atoms with Crippen LogP contribution in [0.4, 0.5) is 13.2 Å². The van der Waals surface area contributed by atoms with Crippen molar-refractivity contribution in [3.8, 4) is 5.69 Å². The number of para-hydroxylation sites is 1. The highest BCUT2D eigenvalue weighted by Gasteiger charge is 2.43. The Bertz CT molecular complexity index is 724. The lowest BCUT2D eigenvalue weighted by molar-refractivity contribution is -0.184.